The number of thioether (sulfide) groups is 1. The van der Waals surface area contributed by atoms with E-state index >= 15 is 0 Å². The molecule has 3 aromatic rings. The molecule has 152 valence electrons. The van der Waals surface area contributed by atoms with Crippen molar-refractivity contribution in [1.29, 1.82) is 0 Å². The first-order chi connectivity index (χ1) is 14.0. The Balaban J connectivity index is 1.62. The minimum atomic E-state index is -0.383. The molecule has 1 atom stereocenters. The van der Waals surface area contributed by atoms with Crippen molar-refractivity contribution in [3.05, 3.63) is 53.6 Å². The molecule has 3 rings (SSSR count). The molecule has 0 bridgehead atoms. The zero-order valence-corrected chi connectivity index (χ0v) is 17.6. The van der Waals surface area contributed by atoms with Gasteiger partial charge in [-0.15, -0.1) is 10.2 Å². The van der Waals surface area contributed by atoms with E-state index in [-0.39, 0.29) is 11.2 Å². The molecule has 29 heavy (non-hydrogen) atoms. The number of carbonyl (C=O) groups is 1. The highest BCUT2D eigenvalue weighted by Crippen LogP contribution is 2.34. The standard InChI is InChI=1S/C21H23N3O4S/c1-13-5-7-15(8-6-13)12-22-19(25)14(2)29-21-24-23-20(28-21)17-10-9-16(26-3)11-18(17)27-4/h5-11,14H,12H2,1-4H3,(H,22,25)/t14-/m0/s1. The van der Waals surface area contributed by atoms with Crippen LogP contribution in [0.4, 0.5) is 0 Å². The second-order valence-corrected chi connectivity index (χ2v) is 7.69. The molecular formula is C21H23N3O4S. The monoisotopic (exact) mass is 413 g/mol. The Morgan fingerprint density at radius 1 is 1.14 bits per heavy atom. The predicted octanol–water partition coefficient (Wildman–Crippen LogP) is 3.86. The quantitative estimate of drug-likeness (QED) is 0.561. The van der Waals surface area contributed by atoms with Gasteiger partial charge in [0, 0.05) is 12.6 Å². The maximum Gasteiger partial charge on any atom is 0.277 e. The molecular weight excluding hydrogens is 390 g/mol. The third-order valence-electron chi connectivity index (χ3n) is 4.28. The van der Waals surface area contributed by atoms with Crippen LogP contribution < -0.4 is 14.8 Å². The van der Waals surface area contributed by atoms with Crippen molar-refractivity contribution >= 4 is 17.7 Å². The van der Waals surface area contributed by atoms with E-state index in [2.05, 4.69) is 15.5 Å². The third-order valence-corrected chi connectivity index (χ3v) is 5.21. The minimum absolute atomic E-state index is 0.0997. The van der Waals surface area contributed by atoms with Gasteiger partial charge in [-0.05, 0) is 31.5 Å². The fraction of sp³-hybridized carbons (Fsp3) is 0.286. The van der Waals surface area contributed by atoms with E-state index in [9.17, 15) is 4.79 Å². The van der Waals surface area contributed by atoms with Crippen molar-refractivity contribution in [3.63, 3.8) is 0 Å². The van der Waals surface area contributed by atoms with Gasteiger partial charge in [-0.2, -0.15) is 0 Å². The van der Waals surface area contributed by atoms with Crippen LogP contribution in [0.5, 0.6) is 11.5 Å². The zero-order chi connectivity index (χ0) is 20.8. The second-order valence-electron chi connectivity index (χ2n) is 6.40. The summed E-state index contributed by atoms with van der Waals surface area (Å²) >= 11 is 1.21. The molecule has 1 aromatic heterocycles. The third kappa shape index (κ3) is 5.29. The van der Waals surface area contributed by atoms with E-state index in [0.29, 0.717) is 34.7 Å². The van der Waals surface area contributed by atoms with Crippen LogP contribution in [0.15, 0.2) is 52.1 Å². The number of nitrogens with one attached hydrogen (secondary N) is 1. The largest absolute Gasteiger partial charge is 0.497 e. The van der Waals surface area contributed by atoms with E-state index in [1.54, 1.807) is 39.3 Å². The lowest BCUT2D eigenvalue weighted by Gasteiger charge is -2.10. The topological polar surface area (TPSA) is 86.5 Å². The molecule has 8 heteroatoms. The highest BCUT2D eigenvalue weighted by Gasteiger charge is 2.20. The summed E-state index contributed by atoms with van der Waals surface area (Å²) in [6, 6.07) is 13.4. The van der Waals surface area contributed by atoms with Gasteiger partial charge in [-0.3, -0.25) is 4.79 Å². The molecule has 0 unspecified atom stereocenters. The summed E-state index contributed by atoms with van der Waals surface area (Å²) in [5.74, 6) is 1.45. The van der Waals surface area contributed by atoms with Crippen molar-refractivity contribution in [3.8, 4) is 23.0 Å². The van der Waals surface area contributed by atoms with Crippen LogP contribution in [0.3, 0.4) is 0 Å². The number of rotatable bonds is 8. The number of ether oxygens (including phenoxy) is 2. The lowest BCUT2D eigenvalue weighted by molar-refractivity contribution is -0.120. The van der Waals surface area contributed by atoms with Gasteiger partial charge in [0.1, 0.15) is 11.5 Å². The minimum Gasteiger partial charge on any atom is -0.497 e. The van der Waals surface area contributed by atoms with Gasteiger partial charge in [0.05, 0.1) is 25.0 Å². The van der Waals surface area contributed by atoms with Gasteiger partial charge in [0.2, 0.25) is 5.91 Å². The number of benzene rings is 2. The van der Waals surface area contributed by atoms with Crippen molar-refractivity contribution in [1.82, 2.24) is 15.5 Å². The fourth-order valence-corrected chi connectivity index (χ4v) is 3.29. The average Bonchev–Trinajstić information content (AvgIpc) is 3.20. The highest BCUT2D eigenvalue weighted by molar-refractivity contribution is 8.00. The highest BCUT2D eigenvalue weighted by atomic mass is 32.2. The zero-order valence-electron chi connectivity index (χ0n) is 16.8. The Bertz CT molecular complexity index is 972. The first kappa shape index (κ1) is 20.7. The van der Waals surface area contributed by atoms with Crippen LogP contribution in [-0.2, 0) is 11.3 Å². The molecule has 7 nitrogen and oxygen atoms in total. The SMILES string of the molecule is COc1ccc(-c2nnc(S[C@@H](C)C(=O)NCc3ccc(C)cc3)o2)c(OC)c1. The van der Waals surface area contributed by atoms with Crippen molar-refractivity contribution < 1.29 is 18.7 Å². The normalized spacial score (nSPS) is 11.7. The smallest absolute Gasteiger partial charge is 0.277 e. The second kappa shape index (κ2) is 9.47. The molecule has 1 amide bonds. The Morgan fingerprint density at radius 2 is 1.90 bits per heavy atom. The first-order valence-electron chi connectivity index (χ1n) is 9.06. The molecule has 2 aromatic carbocycles. The van der Waals surface area contributed by atoms with Crippen molar-refractivity contribution in [2.24, 2.45) is 0 Å². The van der Waals surface area contributed by atoms with E-state index < -0.39 is 0 Å². The summed E-state index contributed by atoms with van der Waals surface area (Å²) in [5.41, 5.74) is 2.89. The van der Waals surface area contributed by atoms with Gasteiger partial charge < -0.3 is 19.2 Å². The maximum absolute atomic E-state index is 12.4. The molecule has 0 saturated heterocycles. The van der Waals surface area contributed by atoms with Crippen LogP contribution in [0.25, 0.3) is 11.5 Å². The van der Waals surface area contributed by atoms with Gasteiger partial charge in [-0.25, -0.2) is 0 Å². The Kier molecular flexibility index (Phi) is 6.77. The number of nitrogens with zero attached hydrogens (tertiary/aromatic N) is 2. The summed E-state index contributed by atoms with van der Waals surface area (Å²) in [6.07, 6.45) is 0. The molecule has 0 spiro atoms. The van der Waals surface area contributed by atoms with E-state index in [0.717, 1.165) is 5.56 Å². The Morgan fingerprint density at radius 3 is 2.59 bits per heavy atom. The molecule has 0 fully saturated rings. The number of aromatic nitrogens is 2. The van der Waals surface area contributed by atoms with Crippen LogP contribution in [0.2, 0.25) is 0 Å². The Hall–Kier alpha value is -3.00. The van der Waals surface area contributed by atoms with Gasteiger partial charge in [0.15, 0.2) is 0 Å². The lowest BCUT2D eigenvalue weighted by atomic mass is 10.1. The number of amides is 1. The first-order valence-corrected chi connectivity index (χ1v) is 9.94. The lowest BCUT2D eigenvalue weighted by Crippen LogP contribution is -2.30. The van der Waals surface area contributed by atoms with E-state index in [1.807, 2.05) is 31.2 Å². The van der Waals surface area contributed by atoms with Crippen LogP contribution in [-0.4, -0.2) is 35.6 Å². The molecule has 0 aliphatic heterocycles. The summed E-state index contributed by atoms with van der Waals surface area (Å²) in [7, 11) is 3.14. The number of carbonyl (C=O) groups excluding carboxylic acids is 1. The van der Waals surface area contributed by atoms with E-state index in [4.69, 9.17) is 13.9 Å². The molecule has 0 saturated carbocycles. The predicted molar refractivity (Wildman–Crippen MR) is 111 cm³/mol. The van der Waals surface area contributed by atoms with Crippen molar-refractivity contribution in [2.45, 2.75) is 30.9 Å². The van der Waals surface area contributed by atoms with Crippen LogP contribution >= 0.6 is 11.8 Å². The average molecular weight is 413 g/mol. The molecule has 1 heterocycles. The number of methoxy groups -OCH3 is 2. The summed E-state index contributed by atoms with van der Waals surface area (Å²) in [4.78, 5) is 12.4. The summed E-state index contributed by atoms with van der Waals surface area (Å²) in [5, 5.41) is 11.0. The van der Waals surface area contributed by atoms with Crippen LogP contribution in [0.1, 0.15) is 18.1 Å². The molecule has 0 radical (unpaired) electrons. The molecule has 0 aliphatic carbocycles. The van der Waals surface area contributed by atoms with Gasteiger partial charge >= 0.3 is 0 Å². The molecule has 0 aliphatic rings. The van der Waals surface area contributed by atoms with E-state index in [1.165, 1.54) is 17.3 Å². The maximum atomic E-state index is 12.4. The van der Waals surface area contributed by atoms with Crippen molar-refractivity contribution in [2.75, 3.05) is 14.2 Å². The summed E-state index contributed by atoms with van der Waals surface area (Å²) < 4.78 is 16.3. The fourth-order valence-electron chi connectivity index (χ4n) is 2.59. The molecule has 1 N–H and O–H groups in total. The number of hydrogen-bond acceptors (Lipinski definition) is 7. The van der Waals surface area contributed by atoms with Gasteiger partial charge in [-0.1, -0.05) is 41.6 Å². The van der Waals surface area contributed by atoms with Crippen LogP contribution in [0, 0.1) is 6.92 Å². The number of hydrogen-bond donors (Lipinski definition) is 1. The number of aryl methyl sites for hydroxylation is 1. The Labute approximate surface area is 173 Å². The summed E-state index contributed by atoms with van der Waals surface area (Å²) in [6.45, 7) is 4.30. The van der Waals surface area contributed by atoms with Gasteiger partial charge in [0.25, 0.3) is 11.1 Å².